The molecule has 1 aliphatic rings. The Morgan fingerprint density at radius 2 is 1.79 bits per heavy atom. The minimum atomic E-state index is -0.630. The molecule has 0 amide bonds. The van der Waals surface area contributed by atoms with E-state index in [0.29, 0.717) is 5.75 Å². The highest BCUT2D eigenvalue weighted by atomic mass is 16.7. The quantitative estimate of drug-likeness (QED) is 0.402. The topological polar surface area (TPSA) is 38.8 Å². The van der Waals surface area contributed by atoms with Crippen molar-refractivity contribution in [3.8, 4) is 5.75 Å². The maximum Gasteiger partial charge on any atom is 0.514 e. The highest BCUT2D eigenvalue weighted by Gasteiger charge is 2.24. The summed E-state index contributed by atoms with van der Waals surface area (Å²) in [6.45, 7) is 1.71. The predicted octanol–water partition coefficient (Wildman–Crippen LogP) is 4.21. The second-order valence-electron chi connectivity index (χ2n) is 6.31. The van der Waals surface area contributed by atoms with Gasteiger partial charge in [-0.1, -0.05) is 42.5 Å². The minimum absolute atomic E-state index is 0.0798. The third-order valence-corrected chi connectivity index (χ3v) is 4.53. The number of hydrogen-bond acceptors (Lipinski definition) is 4. The third kappa shape index (κ3) is 2.93. The first kappa shape index (κ1) is 15.0. The molecule has 1 unspecified atom stereocenters. The van der Waals surface area contributed by atoms with Gasteiger partial charge in [0.25, 0.3) is 0 Å². The lowest BCUT2D eigenvalue weighted by molar-refractivity contribution is 0.0628. The van der Waals surface area contributed by atoms with E-state index in [2.05, 4.69) is 29.2 Å². The number of carbonyl (C=O) groups excluding carboxylic acids is 1. The van der Waals surface area contributed by atoms with E-state index in [1.54, 1.807) is 6.07 Å². The number of hydrogen-bond donors (Lipinski definition) is 0. The molecule has 0 aromatic heterocycles. The summed E-state index contributed by atoms with van der Waals surface area (Å²) in [7, 11) is 2.02. The van der Waals surface area contributed by atoms with E-state index in [9.17, 15) is 4.79 Å². The fraction of sp³-hybridized carbons (Fsp3) is 0.250. The van der Waals surface area contributed by atoms with E-state index >= 15 is 0 Å². The first-order valence-corrected chi connectivity index (χ1v) is 8.17. The maximum absolute atomic E-state index is 12.0. The van der Waals surface area contributed by atoms with E-state index in [-0.39, 0.29) is 6.10 Å². The summed E-state index contributed by atoms with van der Waals surface area (Å²) in [5, 5.41) is 4.50. The first-order chi connectivity index (χ1) is 11.7. The van der Waals surface area contributed by atoms with Gasteiger partial charge in [0.2, 0.25) is 0 Å². The fourth-order valence-electron chi connectivity index (χ4n) is 3.29. The van der Waals surface area contributed by atoms with Crippen LogP contribution in [0.15, 0.2) is 54.6 Å². The first-order valence-electron chi connectivity index (χ1n) is 8.17. The van der Waals surface area contributed by atoms with Gasteiger partial charge in [-0.05, 0) is 47.1 Å². The molecule has 24 heavy (non-hydrogen) atoms. The van der Waals surface area contributed by atoms with Crippen LogP contribution in [0.25, 0.3) is 21.5 Å². The summed E-state index contributed by atoms with van der Waals surface area (Å²) in [5.41, 5.74) is 0. The van der Waals surface area contributed by atoms with E-state index in [0.717, 1.165) is 35.7 Å². The molecular weight excluding hydrogens is 302 g/mol. The third-order valence-electron chi connectivity index (χ3n) is 4.53. The van der Waals surface area contributed by atoms with Crippen LogP contribution in [0.5, 0.6) is 5.75 Å². The molecule has 1 fully saturated rings. The van der Waals surface area contributed by atoms with Gasteiger partial charge in [-0.3, -0.25) is 0 Å². The van der Waals surface area contributed by atoms with Gasteiger partial charge in [0.05, 0.1) is 0 Å². The number of ether oxygens (including phenoxy) is 2. The summed E-state index contributed by atoms with van der Waals surface area (Å²) in [5.74, 6) is 0.509. The summed E-state index contributed by atoms with van der Waals surface area (Å²) in [4.78, 5) is 14.2. The Kier molecular flexibility index (Phi) is 3.82. The van der Waals surface area contributed by atoms with Gasteiger partial charge in [-0.25, -0.2) is 4.79 Å². The van der Waals surface area contributed by atoms with Gasteiger partial charge in [-0.15, -0.1) is 0 Å². The van der Waals surface area contributed by atoms with Crippen LogP contribution in [-0.4, -0.2) is 37.3 Å². The van der Waals surface area contributed by atoms with Gasteiger partial charge < -0.3 is 14.4 Å². The molecule has 3 aromatic carbocycles. The Labute approximate surface area is 140 Å². The van der Waals surface area contributed by atoms with Gasteiger partial charge in [-0.2, -0.15) is 0 Å². The van der Waals surface area contributed by atoms with Crippen LogP contribution < -0.4 is 4.74 Å². The number of fused-ring (bicyclic) bond motifs is 3. The second-order valence-corrected chi connectivity index (χ2v) is 6.31. The van der Waals surface area contributed by atoms with Crippen LogP contribution in [0.1, 0.15) is 6.42 Å². The maximum atomic E-state index is 12.0. The van der Waals surface area contributed by atoms with Crippen molar-refractivity contribution in [1.82, 2.24) is 4.90 Å². The summed E-state index contributed by atoms with van der Waals surface area (Å²) < 4.78 is 10.8. The number of carbonyl (C=O) groups is 1. The molecule has 0 saturated carbocycles. The van der Waals surface area contributed by atoms with Gasteiger partial charge in [0.15, 0.2) is 0 Å². The van der Waals surface area contributed by atoms with Crippen molar-refractivity contribution in [2.75, 3.05) is 20.1 Å². The molecule has 1 atom stereocenters. The molecule has 122 valence electrons. The molecule has 0 bridgehead atoms. The van der Waals surface area contributed by atoms with Crippen LogP contribution in [0.3, 0.4) is 0 Å². The van der Waals surface area contributed by atoms with Crippen molar-refractivity contribution in [2.24, 2.45) is 0 Å². The minimum Gasteiger partial charge on any atom is -0.429 e. The van der Waals surface area contributed by atoms with Crippen molar-refractivity contribution in [3.05, 3.63) is 54.6 Å². The Morgan fingerprint density at radius 1 is 1.04 bits per heavy atom. The average Bonchev–Trinajstić information content (AvgIpc) is 2.99. The molecule has 1 heterocycles. The van der Waals surface area contributed by atoms with Crippen LogP contribution >= 0.6 is 0 Å². The summed E-state index contributed by atoms with van der Waals surface area (Å²) >= 11 is 0. The summed E-state index contributed by atoms with van der Waals surface area (Å²) in [6, 6.07) is 18.0. The average molecular weight is 321 g/mol. The number of likely N-dealkylation sites (tertiary alicyclic amines) is 1. The largest absolute Gasteiger partial charge is 0.514 e. The standard InChI is InChI=1S/C20H19NO3/c1-21-11-10-17(13-21)24-20(22)23-16-9-8-15-7-6-14-4-2-3-5-18(14)19(15)12-16/h2-9,12,17H,10-11,13H2,1H3. The number of rotatable bonds is 2. The number of likely N-dealkylation sites (N-methyl/N-ethyl adjacent to an activating group) is 1. The fourth-order valence-corrected chi connectivity index (χ4v) is 3.29. The number of benzene rings is 3. The highest BCUT2D eigenvalue weighted by Crippen LogP contribution is 2.28. The zero-order valence-electron chi connectivity index (χ0n) is 13.6. The predicted molar refractivity (Wildman–Crippen MR) is 94.5 cm³/mol. The highest BCUT2D eigenvalue weighted by molar-refractivity contribution is 6.07. The molecule has 4 rings (SSSR count). The molecule has 4 nitrogen and oxygen atoms in total. The molecule has 1 saturated heterocycles. The SMILES string of the molecule is CN1CCC(OC(=O)Oc2ccc3ccc4ccccc4c3c2)C1. The molecule has 1 aliphatic heterocycles. The van der Waals surface area contributed by atoms with E-state index in [1.165, 1.54) is 5.39 Å². The van der Waals surface area contributed by atoms with Crippen molar-refractivity contribution in [1.29, 1.82) is 0 Å². The molecule has 0 spiro atoms. The van der Waals surface area contributed by atoms with E-state index in [1.807, 2.05) is 31.3 Å². The molecule has 3 aromatic rings. The van der Waals surface area contributed by atoms with Crippen molar-refractivity contribution >= 4 is 27.7 Å². The lowest BCUT2D eigenvalue weighted by Gasteiger charge is -2.12. The van der Waals surface area contributed by atoms with Crippen LogP contribution in [0, 0.1) is 0 Å². The van der Waals surface area contributed by atoms with Gasteiger partial charge in [0, 0.05) is 13.1 Å². The normalized spacial score (nSPS) is 18.1. The molecule has 4 heteroatoms. The van der Waals surface area contributed by atoms with E-state index < -0.39 is 6.16 Å². The lowest BCUT2D eigenvalue weighted by Crippen LogP contribution is -2.23. The monoisotopic (exact) mass is 321 g/mol. The summed E-state index contributed by atoms with van der Waals surface area (Å²) in [6.07, 6.45) is 0.146. The molecule has 0 radical (unpaired) electrons. The smallest absolute Gasteiger partial charge is 0.429 e. The van der Waals surface area contributed by atoms with Crippen molar-refractivity contribution in [2.45, 2.75) is 12.5 Å². The Balaban J connectivity index is 1.58. The lowest BCUT2D eigenvalue weighted by atomic mass is 10.0. The second kappa shape index (κ2) is 6.13. The molecule has 0 aliphatic carbocycles. The molecule has 0 N–H and O–H groups in total. The zero-order valence-corrected chi connectivity index (χ0v) is 13.6. The molecular formula is C20H19NO3. The van der Waals surface area contributed by atoms with Crippen LogP contribution in [0.2, 0.25) is 0 Å². The number of nitrogens with zero attached hydrogens (tertiary/aromatic N) is 1. The zero-order chi connectivity index (χ0) is 16.5. The van der Waals surface area contributed by atoms with Crippen molar-refractivity contribution in [3.63, 3.8) is 0 Å². The van der Waals surface area contributed by atoms with Gasteiger partial charge in [0.1, 0.15) is 11.9 Å². The van der Waals surface area contributed by atoms with Crippen LogP contribution in [0.4, 0.5) is 4.79 Å². The Bertz CT molecular complexity index is 906. The Morgan fingerprint density at radius 3 is 2.58 bits per heavy atom. The van der Waals surface area contributed by atoms with E-state index in [4.69, 9.17) is 9.47 Å². The van der Waals surface area contributed by atoms with Crippen LogP contribution in [-0.2, 0) is 4.74 Å². The van der Waals surface area contributed by atoms with Gasteiger partial charge >= 0.3 is 6.16 Å². The van der Waals surface area contributed by atoms with Crippen molar-refractivity contribution < 1.29 is 14.3 Å². The Hall–Kier alpha value is -2.59.